The molecule has 0 radical (unpaired) electrons. The van der Waals surface area contributed by atoms with Crippen LogP contribution in [0.25, 0.3) is 0 Å². The molecule has 3 nitrogen and oxygen atoms in total. The predicted molar refractivity (Wildman–Crippen MR) is 85.1 cm³/mol. The van der Waals surface area contributed by atoms with Crippen LogP contribution in [-0.4, -0.2) is 22.7 Å². The molecule has 1 aromatic heterocycles. The van der Waals surface area contributed by atoms with Crippen LogP contribution in [0.15, 0.2) is 6.20 Å². The van der Waals surface area contributed by atoms with Crippen molar-refractivity contribution in [3.05, 3.63) is 16.1 Å². The van der Waals surface area contributed by atoms with E-state index in [1.807, 2.05) is 17.5 Å². The highest BCUT2D eigenvalue weighted by molar-refractivity contribution is 7.11. The molecule has 0 bridgehead atoms. The summed E-state index contributed by atoms with van der Waals surface area (Å²) < 4.78 is 0. The summed E-state index contributed by atoms with van der Waals surface area (Å²) in [5.74, 6) is 1.26. The van der Waals surface area contributed by atoms with Gasteiger partial charge in [0, 0.05) is 36.2 Å². The molecule has 1 aliphatic rings. The summed E-state index contributed by atoms with van der Waals surface area (Å²) in [5, 5.41) is 14.2. The van der Waals surface area contributed by atoms with E-state index in [1.54, 1.807) is 0 Å². The summed E-state index contributed by atoms with van der Waals surface area (Å²) in [7, 11) is 0. The van der Waals surface area contributed by atoms with Gasteiger partial charge in [0.1, 0.15) is 0 Å². The summed E-state index contributed by atoms with van der Waals surface area (Å²) >= 11 is 1.81. The van der Waals surface area contributed by atoms with Gasteiger partial charge in [0.2, 0.25) is 0 Å². The fraction of sp³-hybridized carbons (Fsp3) is 0.812. The van der Waals surface area contributed by atoms with E-state index in [-0.39, 0.29) is 6.61 Å². The van der Waals surface area contributed by atoms with E-state index in [4.69, 9.17) is 0 Å². The largest absolute Gasteiger partial charge is 0.396 e. The molecule has 0 aromatic carbocycles. The number of aliphatic hydroxyl groups excluding tert-OH is 1. The van der Waals surface area contributed by atoms with Crippen LogP contribution in [0.5, 0.6) is 0 Å². The zero-order chi connectivity index (χ0) is 14.4. The molecule has 0 saturated heterocycles. The Hall–Kier alpha value is -0.450. The quantitative estimate of drug-likeness (QED) is 0.806. The van der Waals surface area contributed by atoms with E-state index < -0.39 is 0 Å². The van der Waals surface area contributed by atoms with Crippen LogP contribution < -0.4 is 5.32 Å². The van der Waals surface area contributed by atoms with Gasteiger partial charge < -0.3 is 10.4 Å². The van der Waals surface area contributed by atoms with Gasteiger partial charge in [0.15, 0.2) is 0 Å². The zero-order valence-electron chi connectivity index (χ0n) is 12.8. The molecule has 1 saturated carbocycles. The second kappa shape index (κ2) is 8.11. The SMILES string of the molecule is CC(C)c1ncc(CNC(CCO)C2CCCCC2)s1. The van der Waals surface area contributed by atoms with Crippen molar-refractivity contribution in [3.63, 3.8) is 0 Å². The summed E-state index contributed by atoms with van der Waals surface area (Å²) in [6, 6.07) is 0.463. The predicted octanol–water partition coefficient (Wildman–Crippen LogP) is 3.69. The van der Waals surface area contributed by atoms with Gasteiger partial charge in [0.25, 0.3) is 0 Å². The highest BCUT2D eigenvalue weighted by Gasteiger charge is 2.23. The molecule has 1 heterocycles. The Labute approximate surface area is 126 Å². The van der Waals surface area contributed by atoms with Gasteiger partial charge in [-0.2, -0.15) is 0 Å². The van der Waals surface area contributed by atoms with Crippen molar-refractivity contribution in [2.24, 2.45) is 5.92 Å². The van der Waals surface area contributed by atoms with Crippen LogP contribution in [0, 0.1) is 5.92 Å². The van der Waals surface area contributed by atoms with Crippen molar-refractivity contribution in [2.45, 2.75) is 70.9 Å². The molecule has 0 spiro atoms. The Morgan fingerprint density at radius 1 is 1.35 bits per heavy atom. The van der Waals surface area contributed by atoms with Crippen molar-refractivity contribution in [1.29, 1.82) is 0 Å². The summed E-state index contributed by atoms with van der Waals surface area (Å²) in [6.07, 6.45) is 9.60. The second-order valence-electron chi connectivity index (χ2n) is 6.22. The van der Waals surface area contributed by atoms with Crippen LogP contribution in [0.2, 0.25) is 0 Å². The van der Waals surface area contributed by atoms with Gasteiger partial charge in [0.05, 0.1) is 5.01 Å². The number of nitrogens with one attached hydrogen (secondary N) is 1. The number of rotatable bonds is 7. The third-order valence-electron chi connectivity index (χ3n) is 4.26. The number of thiazole rings is 1. The maximum atomic E-state index is 9.29. The van der Waals surface area contributed by atoms with Gasteiger partial charge in [-0.15, -0.1) is 11.3 Å². The second-order valence-corrected chi connectivity index (χ2v) is 7.36. The van der Waals surface area contributed by atoms with E-state index >= 15 is 0 Å². The number of nitrogens with zero attached hydrogens (tertiary/aromatic N) is 1. The van der Waals surface area contributed by atoms with Crippen LogP contribution in [0.4, 0.5) is 0 Å². The van der Waals surface area contributed by atoms with Gasteiger partial charge in [-0.25, -0.2) is 4.98 Å². The average molecular weight is 296 g/mol. The highest BCUT2D eigenvalue weighted by Crippen LogP contribution is 2.28. The van der Waals surface area contributed by atoms with Crippen LogP contribution in [-0.2, 0) is 6.54 Å². The lowest BCUT2D eigenvalue weighted by molar-refractivity contribution is 0.206. The fourth-order valence-corrected chi connectivity index (χ4v) is 3.95. The first kappa shape index (κ1) is 15.9. The van der Waals surface area contributed by atoms with Crippen LogP contribution in [0.1, 0.15) is 68.2 Å². The fourth-order valence-electron chi connectivity index (χ4n) is 3.08. The monoisotopic (exact) mass is 296 g/mol. The van der Waals surface area contributed by atoms with Crippen molar-refractivity contribution >= 4 is 11.3 Å². The van der Waals surface area contributed by atoms with Gasteiger partial charge in [-0.3, -0.25) is 0 Å². The van der Waals surface area contributed by atoms with Crippen LogP contribution in [0.3, 0.4) is 0 Å². The Bertz CT molecular complexity index is 386. The first-order valence-corrected chi connectivity index (χ1v) is 8.81. The minimum Gasteiger partial charge on any atom is -0.396 e. The first-order chi connectivity index (χ1) is 9.70. The van der Waals surface area contributed by atoms with Crippen molar-refractivity contribution < 1.29 is 5.11 Å². The summed E-state index contributed by atoms with van der Waals surface area (Å²) in [4.78, 5) is 5.79. The number of aliphatic hydroxyl groups is 1. The molecule has 1 atom stereocenters. The van der Waals surface area contributed by atoms with Crippen molar-refractivity contribution in [3.8, 4) is 0 Å². The Balaban J connectivity index is 1.87. The normalized spacial score (nSPS) is 18.6. The van der Waals surface area contributed by atoms with E-state index in [1.165, 1.54) is 42.0 Å². The lowest BCUT2D eigenvalue weighted by atomic mass is 9.83. The topological polar surface area (TPSA) is 45.2 Å². The summed E-state index contributed by atoms with van der Waals surface area (Å²) in [6.45, 7) is 5.55. The first-order valence-electron chi connectivity index (χ1n) is 7.99. The maximum absolute atomic E-state index is 9.29. The standard InChI is InChI=1S/C16H28N2OS/c1-12(2)16-18-11-14(20-16)10-17-15(8-9-19)13-6-4-3-5-7-13/h11-13,15,17,19H,3-10H2,1-2H3. The molecule has 1 unspecified atom stereocenters. The van der Waals surface area contributed by atoms with Gasteiger partial charge in [-0.05, 0) is 25.2 Å². The molecule has 4 heteroatoms. The molecule has 2 N–H and O–H groups in total. The van der Waals surface area contributed by atoms with Gasteiger partial charge >= 0.3 is 0 Å². The highest BCUT2D eigenvalue weighted by atomic mass is 32.1. The Kier molecular flexibility index (Phi) is 6.46. The van der Waals surface area contributed by atoms with Crippen molar-refractivity contribution in [2.75, 3.05) is 6.61 Å². The Morgan fingerprint density at radius 2 is 2.10 bits per heavy atom. The molecule has 20 heavy (non-hydrogen) atoms. The van der Waals surface area contributed by atoms with E-state index in [2.05, 4.69) is 24.1 Å². The minimum absolute atomic E-state index is 0.286. The number of hydrogen-bond donors (Lipinski definition) is 2. The molecule has 2 rings (SSSR count). The molecule has 114 valence electrons. The van der Waals surface area contributed by atoms with E-state index in [0.29, 0.717) is 12.0 Å². The minimum atomic E-state index is 0.286. The van der Waals surface area contributed by atoms with E-state index in [0.717, 1.165) is 18.9 Å². The van der Waals surface area contributed by atoms with Crippen molar-refractivity contribution in [1.82, 2.24) is 10.3 Å². The molecule has 1 fully saturated rings. The number of hydrogen-bond acceptors (Lipinski definition) is 4. The maximum Gasteiger partial charge on any atom is 0.0953 e. The molecule has 1 aromatic rings. The summed E-state index contributed by atoms with van der Waals surface area (Å²) in [5.41, 5.74) is 0. The molecule has 0 amide bonds. The third kappa shape index (κ3) is 4.54. The smallest absolute Gasteiger partial charge is 0.0953 e. The van der Waals surface area contributed by atoms with E-state index in [9.17, 15) is 5.11 Å². The average Bonchev–Trinajstić information content (AvgIpc) is 2.93. The molecular weight excluding hydrogens is 268 g/mol. The lowest BCUT2D eigenvalue weighted by Gasteiger charge is -2.30. The van der Waals surface area contributed by atoms with Crippen LogP contribution >= 0.6 is 11.3 Å². The molecule has 0 aliphatic heterocycles. The Morgan fingerprint density at radius 3 is 2.70 bits per heavy atom. The van der Waals surface area contributed by atoms with Gasteiger partial charge in [-0.1, -0.05) is 33.1 Å². The zero-order valence-corrected chi connectivity index (χ0v) is 13.6. The third-order valence-corrected chi connectivity index (χ3v) is 5.56. The lowest BCUT2D eigenvalue weighted by Crippen LogP contribution is -2.37. The molecular formula is C16H28N2OS. The molecule has 1 aliphatic carbocycles. The number of aromatic nitrogens is 1.